The monoisotopic (exact) mass is 410 g/mol. The molecule has 1 aliphatic heterocycles. The first kappa shape index (κ1) is 21.5. The molecule has 0 aromatic carbocycles. The van der Waals surface area contributed by atoms with Gasteiger partial charge in [0.1, 0.15) is 5.69 Å². The summed E-state index contributed by atoms with van der Waals surface area (Å²) in [5.41, 5.74) is 1.62. The Labute approximate surface area is 172 Å². The maximum absolute atomic E-state index is 13.1. The van der Waals surface area contributed by atoms with E-state index in [9.17, 15) is 4.79 Å². The summed E-state index contributed by atoms with van der Waals surface area (Å²) < 4.78 is 13.1. The third kappa shape index (κ3) is 4.83. The van der Waals surface area contributed by atoms with E-state index >= 15 is 0 Å². The lowest BCUT2D eigenvalue weighted by atomic mass is 10.1. The zero-order valence-corrected chi connectivity index (χ0v) is 18.9. The summed E-state index contributed by atoms with van der Waals surface area (Å²) in [6, 6.07) is 0. The second-order valence-corrected chi connectivity index (χ2v) is 11.0. The van der Waals surface area contributed by atoms with Crippen LogP contribution in [-0.4, -0.2) is 89.0 Å². The molecular formula is C20H34N4O3S. The van der Waals surface area contributed by atoms with Crippen LogP contribution in [0.25, 0.3) is 0 Å². The summed E-state index contributed by atoms with van der Waals surface area (Å²) in [5, 5.41) is 4.34. The molecule has 1 amide bonds. The second-order valence-electron chi connectivity index (χ2n) is 8.84. The van der Waals surface area contributed by atoms with Crippen LogP contribution in [0.3, 0.4) is 0 Å². The molecule has 2 heterocycles. The average molecular weight is 411 g/mol. The molecule has 0 radical (unpaired) electrons. The Morgan fingerprint density at radius 2 is 2.04 bits per heavy atom. The number of hydrogen-bond donors (Lipinski definition) is 0. The maximum Gasteiger partial charge on any atom is 0.272 e. The Morgan fingerprint density at radius 1 is 1.32 bits per heavy atom. The number of carbonyl (C=O) groups excluding carboxylic acids is 1. The minimum Gasteiger partial charge on any atom is -0.480 e. The Morgan fingerprint density at radius 3 is 2.64 bits per heavy atom. The van der Waals surface area contributed by atoms with Gasteiger partial charge in [0.2, 0.25) is 5.88 Å². The lowest BCUT2D eigenvalue weighted by Crippen LogP contribution is -2.44. The van der Waals surface area contributed by atoms with E-state index in [2.05, 4.69) is 37.9 Å². The molecule has 2 aliphatic rings. The van der Waals surface area contributed by atoms with E-state index in [0.717, 1.165) is 57.7 Å². The minimum absolute atomic E-state index is 0.0303. The van der Waals surface area contributed by atoms with Gasteiger partial charge in [-0.1, -0.05) is 0 Å². The minimum atomic E-state index is 0.0303. The van der Waals surface area contributed by atoms with Gasteiger partial charge in [-0.3, -0.25) is 9.48 Å². The van der Waals surface area contributed by atoms with Gasteiger partial charge in [0, 0.05) is 41.7 Å². The molecule has 1 aromatic rings. The Balaban J connectivity index is 1.59. The van der Waals surface area contributed by atoms with Gasteiger partial charge in [-0.25, -0.2) is 0 Å². The van der Waals surface area contributed by atoms with Crippen molar-refractivity contribution in [2.45, 2.75) is 42.6 Å². The molecule has 0 unspecified atom stereocenters. The van der Waals surface area contributed by atoms with Crippen LogP contribution in [0, 0.1) is 0 Å². The summed E-state index contributed by atoms with van der Waals surface area (Å²) in [6.07, 6.45) is 3.12. The molecule has 28 heavy (non-hydrogen) atoms. The highest BCUT2D eigenvalue weighted by atomic mass is 32.2. The summed E-state index contributed by atoms with van der Waals surface area (Å²) in [5.74, 6) is 0.656. The van der Waals surface area contributed by atoms with Crippen molar-refractivity contribution in [2.75, 3.05) is 54.1 Å². The maximum atomic E-state index is 13.1. The van der Waals surface area contributed by atoms with Crippen LogP contribution in [0.2, 0.25) is 0 Å². The number of aromatic nitrogens is 2. The first-order chi connectivity index (χ1) is 13.2. The number of thioether (sulfide) groups is 1. The molecule has 3 rings (SSSR count). The highest BCUT2D eigenvalue weighted by Crippen LogP contribution is 2.54. The van der Waals surface area contributed by atoms with Crippen molar-refractivity contribution < 1.29 is 14.3 Å². The Bertz CT molecular complexity index is 713. The summed E-state index contributed by atoms with van der Waals surface area (Å²) in [4.78, 5) is 17.2. The fourth-order valence-corrected chi connectivity index (χ4v) is 5.65. The molecule has 8 heteroatoms. The second kappa shape index (κ2) is 8.24. The summed E-state index contributed by atoms with van der Waals surface area (Å²) in [6.45, 7) is 8.43. The Hall–Kier alpha value is -1.25. The lowest BCUT2D eigenvalue weighted by molar-refractivity contribution is 0.0724. The first-order valence-electron chi connectivity index (χ1n) is 9.98. The number of methoxy groups -OCH3 is 1. The molecule has 158 valence electrons. The number of fused-ring (bicyclic) bond motifs is 1. The molecule has 1 aliphatic carbocycles. The summed E-state index contributed by atoms with van der Waals surface area (Å²) >= 11 is 1.99. The predicted octanol–water partition coefficient (Wildman–Crippen LogP) is 2.05. The van der Waals surface area contributed by atoms with Crippen molar-refractivity contribution in [1.82, 2.24) is 19.6 Å². The topological polar surface area (TPSA) is 59.8 Å². The first-order valence-corrected chi connectivity index (χ1v) is 10.8. The average Bonchev–Trinajstić information content (AvgIpc) is 3.27. The van der Waals surface area contributed by atoms with E-state index in [4.69, 9.17) is 9.47 Å². The highest BCUT2D eigenvalue weighted by molar-refractivity contribution is 8.02. The van der Waals surface area contributed by atoms with Crippen LogP contribution in [-0.2, 0) is 18.2 Å². The van der Waals surface area contributed by atoms with Gasteiger partial charge in [-0.05, 0) is 47.2 Å². The van der Waals surface area contributed by atoms with Gasteiger partial charge < -0.3 is 19.3 Å². The van der Waals surface area contributed by atoms with E-state index in [-0.39, 0.29) is 15.4 Å². The van der Waals surface area contributed by atoms with Crippen molar-refractivity contribution in [2.24, 2.45) is 7.05 Å². The number of aryl methyl sites for hydroxylation is 1. The van der Waals surface area contributed by atoms with Crippen LogP contribution < -0.4 is 4.74 Å². The van der Waals surface area contributed by atoms with Crippen molar-refractivity contribution >= 4 is 17.7 Å². The van der Waals surface area contributed by atoms with E-state index in [1.54, 1.807) is 11.8 Å². The molecule has 0 bridgehead atoms. The predicted molar refractivity (Wildman–Crippen MR) is 112 cm³/mol. The standard InChI is InChI=1S/C20H34N4O3S/c1-19(2,14-27-12-11-22(3)4)28-20(8-9-20)13-24-10-7-15-16(18(24)25)23(5)21-17(15)26-6/h7-14H2,1-6H3. The van der Waals surface area contributed by atoms with Gasteiger partial charge in [-0.15, -0.1) is 16.9 Å². The van der Waals surface area contributed by atoms with Gasteiger partial charge in [0.05, 0.1) is 20.3 Å². The van der Waals surface area contributed by atoms with Crippen LogP contribution in [0.4, 0.5) is 0 Å². The molecule has 0 spiro atoms. The van der Waals surface area contributed by atoms with Crippen molar-refractivity contribution in [3.8, 4) is 5.88 Å². The van der Waals surface area contributed by atoms with Crippen LogP contribution in [0.5, 0.6) is 5.88 Å². The molecule has 7 nitrogen and oxygen atoms in total. The molecule has 0 saturated heterocycles. The number of nitrogens with zero attached hydrogens (tertiary/aromatic N) is 4. The van der Waals surface area contributed by atoms with Gasteiger partial charge in [0.15, 0.2) is 0 Å². The van der Waals surface area contributed by atoms with Crippen molar-refractivity contribution in [1.29, 1.82) is 0 Å². The number of ether oxygens (including phenoxy) is 2. The van der Waals surface area contributed by atoms with Crippen molar-refractivity contribution in [3.05, 3.63) is 11.3 Å². The number of carbonyl (C=O) groups is 1. The molecule has 0 N–H and O–H groups in total. The summed E-state index contributed by atoms with van der Waals surface area (Å²) in [7, 11) is 7.54. The smallest absolute Gasteiger partial charge is 0.272 e. The van der Waals surface area contributed by atoms with Crippen LogP contribution in [0.15, 0.2) is 0 Å². The highest BCUT2D eigenvalue weighted by Gasteiger charge is 2.49. The van der Waals surface area contributed by atoms with Crippen molar-refractivity contribution in [3.63, 3.8) is 0 Å². The van der Waals surface area contributed by atoms with Gasteiger partial charge in [-0.2, -0.15) is 0 Å². The third-order valence-corrected chi connectivity index (χ3v) is 6.98. The normalized spacial score (nSPS) is 18.5. The lowest BCUT2D eigenvalue weighted by Gasteiger charge is -2.34. The SMILES string of the molecule is COc1nn(C)c2c1CCN(CC1(SC(C)(C)COCCN(C)C)CC1)C2=O. The fraction of sp³-hybridized carbons (Fsp3) is 0.800. The molecule has 1 aromatic heterocycles. The Kier molecular flexibility index (Phi) is 6.32. The number of amides is 1. The fourth-order valence-electron chi connectivity index (χ4n) is 3.81. The van der Waals surface area contributed by atoms with E-state index in [1.807, 2.05) is 23.7 Å². The van der Waals surface area contributed by atoms with Gasteiger partial charge in [0.25, 0.3) is 5.91 Å². The quantitative estimate of drug-likeness (QED) is 0.550. The zero-order valence-electron chi connectivity index (χ0n) is 18.1. The number of rotatable bonds is 10. The largest absolute Gasteiger partial charge is 0.480 e. The van der Waals surface area contributed by atoms with Gasteiger partial charge >= 0.3 is 0 Å². The molecule has 1 saturated carbocycles. The number of hydrogen-bond acceptors (Lipinski definition) is 6. The van der Waals surface area contributed by atoms with Crippen LogP contribution >= 0.6 is 11.8 Å². The van der Waals surface area contributed by atoms with E-state index in [0.29, 0.717) is 11.6 Å². The molecule has 0 atom stereocenters. The van der Waals surface area contributed by atoms with E-state index in [1.165, 1.54) is 0 Å². The number of likely N-dealkylation sites (N-methyl/N-ethyl adjacent to an activating group) is 1. The van der Waals surface area contributed by atoms with Crippen LogP contribution in [0.1, 0.15) is 42.7 Å². The molecular weight excluding hydrogens is 376 g/mol. The third-order valence-electron chi connectivity index (χ3n) is 5.34. The molecule has 1 fully saturated rings. The zero-order chi connectivity index (χ0) is 20.5. The van der Waals surface area contributed by atoms with E-state index < -0.39 is 0 Å².